The number of nitrogens with one attached hydrogen (secondary N) is 1. The lowest BCUT2D eigenvalue weighted by molar-refractivity contribution is -0.158. The van der Waals surface area contributed by atoms with Crippen LogP contribution in [0.25, 0.3) is 0 Å². The molecule has 1 amide bonds. The first-order valence-electron chi connectivity index (χ1n) is 9.13. The molecule has 0 aliphatic heterocycles. The molecule has 3 atom stereocenters. The second-order valence-electron chi connectivity index (χ2n) is 7.50. The highest BCUT2D eigenvalue weighted by Crippen LogP contribution is 2.49. The number of rotatable bonds is 6. The molecular formula is C20H27NO3. The van der Waals surface area contributed by atoms with Gasteiger partial charge in [-0.05, 0) is 62.8 Å². The van der Waals surface area contributed by atoms with Crippen LogP contribution in [0.15, 0.2) is 30.3 Å². The van der Waals surface area contributed by atoms with Crippen molar-refractivity contribution in [1.82, 2.24) is 5.32 Å². The third-order valence-corrected chi connectivity index (χ3v) is 5.90. The van der Waals surface area contributed by atoms with Crippen molar-refractivity contribution in [3.05, 3.63) is 35.9 Å². The zero-order valence-corrected chi connectivity index (χ0v) is 14.3. The van der Waals surface area contributed by atoms with Crippen LogP contribution in [0.1, 0.15) is 44.6 Å². The number of carboxylic acids is 1. The molecule has 2 bridgehead atoms. The molecule has 0 heterocycles. The Kier molecular flexibility index (Phi) is 5.22. The Bertz CT molecular complexity index is 578. The van der Waals surface area contributed by atoms with Crippen LogP contribution in [0.2, 0.25) is 0 Å². The van der Waals surface area contributed by atoms with Gasteiger partial charge in [-0.3, -0.25) is 9.59 Å². The van der Waals surface area contributed by atoms with Crippen LogP contribution in [0.5, 0.6) is 0 Å². The van der Waals surface area contributed by atoms with E-state index < -0.39 is 11.9 Å². The number of carbonyl (C=O) groups excluding carboxylic acids is 1. The molecule has 130 valence electrons. The minimum Gasteiger partial charge on any atom is -0.481 e. The van der Waals surface area contributed by atoms with E-state index in [0.29, 0.717) is 0 Å². The van der Waals surface area contributed by atoms with Crippen molar-refractivity contribution in [3.8, 4) is 0 Å². The number of carbonyl (C=O) groups is 2. The van der Waals surface area contributed by atoms with E-state index in [2.05, 4.69) is 17.4 Å². The molecule has 3 unspecified atom stereocenters. The lowest BCUT2D eigenvalue weighted by Gasteiger charge is -2.46. The third kappa shape index (κ3) is 3.63. The summed E-state index contributed by atoms with van der Waals surface area (Å²) in [5.74, 6) is -1.23. The lowest BCUT2D eigenvalue weighted by Crippen LogP contribution is -2.52. The second-order valence-corrected chi connectivity index (χ2v) is 7.50. The molecule has 0 spiro atoms. The van der Waals surface area contributed by atoms with E-state index >= 15 is 0 Å². The Labute approximate surface area is 143 Å². The van der Waals surface area contributed by atoms with E-state index in [9.17, 15) is 14.7 Å². The number of carboxylic acid groups (broad SMARTS) is 1. The highest BCUT2D eigenvalue weighted by atomic mass is 16.4. The van der Waals surface area contributed by atoms with Gasteiger partial charge in [0.25, 0.3) is 0 Å². The average molecular weight is 329 g/mol. The summed E-state index contributed by atoms with van der Waals surface area (Å²) in [4.78, 5) is 24.4. The molecule has 3 aliphatic carbocycles. The highest BCUT2D eigenvalue weighted by molar-refractivity contribution is 5.85. The average Bonchev–Trinajstić information content (AvgIpc) is 2.61. The van der Waals surface area contributed by atoms with Gasteiger partial charge in [0.1, 0.15) is 0 Å². The molecule has 3 fully saturated rings. The monoisotopic (exact) mass is 329 g/mol. The number of hydrogen-bond acceptors (Lipinski definition) is 2. The first kappa shape index (κ1) is 17.0. The summed E-state index contributed by atoms with van der Waals surface area (Å²) in [6, 6.07) is 10.3. The van der Waals surface area contributed by atoms with Crippen molar-refractivity contribution in [2.45, 2.75) is 51.5 Å². The number of aryl methyl sites for hydroxylation is 1. The summed E-state index contributed by atoms with van der Waals surface area (Å²) in [6.45, 7) is 2.01. The van der Waals surface area contributed by atoms with E-state index in [0.717, 1.165) is 38.5 Å². The van der Waals surface area contributed by atoms with Crippen molar-refractivity contribution in [1.29, 1.82) is 0 Å². The van der Waals surface area contributed by atoms with Gasteiger partial charge in [0.2, 0.25) is 5.91 Å². The van der Waals surface area contributed by atoms with Gasteiger partial charge in [0.15, 0.2) is 0 Å². The van der Waals surface area contributed by atoms with Crippen molar-refractivity contribution in [2.75, 3.05) is 0 Å². The Morgan fingerprint density at radius 1 is 1.08 bits per heavy atom. The van der Waals surface area contributed by atoms with Crippen molar-refractivity contribution < 1.29 is 14.7 Å². The van der Waals surface area contributed by atoms with Gasteiger partial charge in [0.05, 0.1) is 11.8 Å². The third-order valence-electron chi connectivity index (χ3n) is 5.90. The topological polar surface area (TPSA) is 66.4 Å². The predicted molar refractivity (Wildman–Crippen MR) is 92.4 cm³/mol. The first-order valence-corrected chi connectivity index (χ1v) is 9.13. The number of benzene rings is 1. The fraction of sp³-hybridized carbons (Fsp3) is 0.600. The molecule has 3 aliphatic rings. The smallest absolute Gasteiger partial charge is 0.307 e. The van der Waals surface area contributed by atoms with Gasteiger partial charge in [-0.2, -0.15) is 0 Å². The Hall–Kier alpha value is -1.84. The van der Waals surface area contributed by atoms with Gasteiger partial charge in [-0.25, -0.2) is 0 Å². The van der Waals surface area contributed by atoms with Crippen LogP contribution in [-0.4, -0.2) is 23.0 Å². The van der Waals surface area contributed by atoms with E-state index in [1.807, 2.05) is 25.1 Å². The van der Waals surface area contributed by atoms with Gasteiger partial charge < -0.3 is 10.4 Å². The molecule has 4 rings (SSSR count). The van der Waals surface area contributed by atoms with Gasteiger partial charge in [-0.15, -0.1) is 0 Å². The molecule has 0 radical (unpaired) electrons. The SMILES string of the molecule is CC(CCc1ccccc1)NC(=O)C1C2CCC(CC2)C1C(=O)O. The number of aliphatic carboxylic acids is 1. The number of amides is 1. The summed E-state index contributed by atoms with van der Waals surface area (Å²) >= 11 is 0. The summed E-state index contributed by atoms with van der Waals surface area (Å²) in [5, 5.41) is 12.7. The summed E-state index contributed by atoms with van der Waals surface area (Å²) in [7, 11) is 0. The maximum absolute atomic E-state index is 12.8. The molecule has 0 saturated heterocycles. The summed E-state index contributed by atoms with van der Waals surface area (Å²) in [5.41, 5.74) is 1.26. The quantitative estimate of drug-likeness (QED) is 0.842. The van der Waals surface area contributed by atoms with Gasteiger partial charge in [0, 0.05) is 6.04 Å². The van der Waals surface area contributed by atoms with E-state index in [4.69, 9.17) is 0 Å². The molecule has 1 aromatic rings. The van der Waals surface area contributed by atoms with Crippen LogP contribution in [0.4, 0.5) is 0 Å². The second kappa shape index (κ2) is 7.37. The fourth-order valence-electron chi connectivity index (χ4n) is 4.62. The molecular weight excluding hydrogens is 302 g/mol. The van der Waals surface area contributed by atoms with Crippen LogP contribution < -0.4 is 5.32 Å². The molecule has 4 nitrogen and oxygen atoms in total. The summed E-state index contributed by atoms with van der Waals surface area (Å²) < 4.78 is 0. The summed E-state index contributed by atoms with van der Waals surface area (Å²) in [6.07, 6.45) is 5.73. The van der Waals surface area contributed by atoms with Crippen LogP contribution in [-0.2, 0) is 16.0 Å². The molecule has 2 N–H and O–H groups in total. The standard InChI is InChI=1S/C20H27NO3/c1-13(7-8-14-5-3-2-4-6-14)21-19(22)17-15-9-11-16(12-10-15)18(17)20(23)24/h2-6,13,15-18H,7-12H2,1H3,(H,21,22)(H,23,24). The Balaban J connectivity index is 1.58. The zero-order valence-electron chi connectivity index (χ0n) is 14.3. The van der Waals surface area contributed by atoms with E-state index in [1.165, 1.54) is 5.56 Å². The van der Waals surface area contributed by atoms with Crippen LogP contribution in [0, 0.1) is 23.7 Å². The molecule has 0 aromatic heterocycles. The Morgan fingerprint density at radius 2 is 1.67 bits per heavy atom. The van der Waals surface area contributed by atoms with Crippen LogP contribution >= 0.6 is 0 Å². The van der Waals surface area contributed by atoms with E-state index in [-0.39, 0.29) is 29.7 Å². The maximum atomic E-state index is 12.8. The van der Waals surface area contributed by atoms with Crippen molar-refractivity contribution in [3.63, 3.8) is 0 Å². The first-order chi connectivity index (χ1) is 11.6. The maximum Gasteiger partial charge on any atom is 0.307 e. The lowest BCUT2D eigenvalue weighted by atomic mass is 9.58. The minimum atomic E-state index is -0.790. The van der Waals surface area contributed by atoms with Gasteiger partial charge >= 0.3 is 5.97 Å². The zero-order chi connectivity index (χ0) is 17.1. The van der Waals surface area contributed by atoms with E-state index in [1.54, 1.807) is 0 Å². The largest absolute Gasteiger partial charge is 0.481 e. The normalized spacial score (nSPS) is 29.9. The van der Waals surface area contributed by atoms with Gasteiger partial charge in [-0.1, -0.05) is 30.3 Å². The molecule has 3 saturated carbocycles. The minimum absolute atomic E-state index is 0.0441. The molecule has 1 aromatic carbocycles. The molecule has 4 heteroatoms. The highest BCUT2D eigenvalue weighted by Gasteiger charge is 2.50. The van der Waals surface area contributed by atoms with Crippen LogP contribution in [0.3, 0.4) is 0 Å². The Morgan fingerprint density at radius 3 is 2.25 bits per heavy atom. The fourth-order valence-corrected chi connectivity index (χ4v) is 4.62. The number of hydrogen-bond donors (Lipinski definition) is 2. The van der Waals surface area contributed by atoms with Crippen molar-refractivity contribution >= 4 is 11.9 Å². The predicted octanol–water partition coefficient (Wildman–Crippen LogP) is 3.26. The molecule has 24 heavy (non-hydrogen) atoms. The van der Waals surface area contributed by atoms with Crippen molar-refractivity contribution in [2.24, 2.45) is 23.7 Å². The number of fused-ring (bicyclic) bond motifs is 3.